The molecular weight excluding hydrogens is 334 g/mol. The second-order valence-corrected chi connectivity index (χ2v) is 8.62. The number of rotatable bonds is 3. The number of carbonyl (C=O) groups excluding carboxylic acids is 1. The van der Waals surface area contributed by atoms with Crippen LogP contribution in [0.1, 0.15) is 32.1 Å². The molecule has 0 aromatic heterocycles. The van der Waals surface area contributed by atoms with Gasteiger partial charge in [0.25, 0.3) is 0 Å². The molecule has 0 saturated heterocycles. The third-order valence-corrected chi connectivity index (χ3v) is 6.13. The highest BCUT2D eigenvalue weighted by Crippen LogP contribution is 2.31. The van der Waals surface area contributed by atoms with E-state index < -0.39 is 15.9 Å². The van der Waals surface area contributed by atoms with Crippen molar-refractivity contribution in [3.63, 3.8) is 0 Å². The molecule has 1 aliphatic heterocycles. The van der Waals surface area contributed by atoms with Gasteiger partial charge in [0.05, 0.1) is 11.8 Å². The van der Waals surface area contributed by atoms with Crippen LogP contribution in [0.5, 0.6) is 0 Å². The summed E-state index contributed by atoms with van der Waals surface area (Å²) >= 11 is 6.07. The van der Waals surface area contributed by atoms with E-state index in [1.807, 2.05) is 6.07 Å². The van der Waals surface area contributed by atoms with Crippen molar-refractivity contribution in [2.24, 2.45) is 5.92 Å². The van der Waals surface area contributed by atoms with Gasteiger partial charge in [-0.1, -0.05) is 36.9 Å². The summed E-state index contributed by atoms with van der Waals surface area (Å²) in [7, 11) is -3.23. The van der Waals surface area contributed by atoms with Crippen LogP contribution in [-0.2, 0) is 14.6 Å². The molecule has 1 unspecified atom stereocenters. The average molecular weight is 354 g/mol. The van der Waals surface area contributed by atoms with Crippen molar-refractivity contribution in [1.82, 2.24) is 0 Å². The molecule has 0 bridgehead atoms. The van der Waals surface area contributed by atoms with Crippen molar-refractivity contribution in [3.05, 3.63) is 40.8 Å². The van der Waals surface area contributed by atoms with Crippen molar-refractivity contribution < 1.29 is 13.2 Å². The Bertz CT molecular complexity index is 723. The van der Waals surface area contributed by atoms with E-state index in [1.165, 1.54) is 11.8 Å². The smallest absolute Gasteiger partial charge is 0.230 e. The van der Waals surface area contributed by atoms with E-state index in [0.29, 0.717) is 10.7 Å². The van der Waals surface area contributed by atoms with Gasteiger partial charge in [-0.15, -0.1) is 0 Å². The van der Waals surface area contributed by atoms with Crippen LogP contribution >= 0.6 is 11.6 Å². The number of carbonyl (C=O) groups is 1. The molecule has 1 heterocycles. The molecule has 2 aliphatic rings. The standard InChI is InChI=1S/C17H20ClNO3S/c18-14-7-4-8-15(11-14)19(16-9-10-23(21,22)12-16)17(20)13-5-2-1-3-6-13/h4,7-11,13,16H,1-3,5-6,12H2. The van der Waals surface area contributed by atoms with E-state index >= 15 is 0 Å². The maximum absolute atomic E-state index is 13.1. The summed E-state index contributed by atoms with van der Waals surface area (Å²) in [6.07, 6.45) is 6.63. The van der Waals surface area contributed by atoms with E-state index in [0.717, 1.165) is 25.7 Å². The summed E-state index contributed by atoms with van der Waals surface area (Å²) in [6, 6.07) is 6.61. The van der Waals surface area contributed by atoms with E-state index in [1.54, 1.807) is 29.2 Å². The number of nitrogens with zero attached hydrogens (tertiary/aromatic N) is 1. The summed E-state index contributed by atoms with van der Waals surface area (Å²) in [5, 5.41) is 1.75. The first-order valence-corrected chi connectivity index (χ1v) is 10.1. The highest BCUT2D eigenvalue weighted by molar-refractivity contribution is 7.94. The molecule has 6 heteroatoms. The molecule has 0 radical (unpaired) electrons. The Balaban J connectivity index is 1.93. The zero-order chi connectivity index (χ0) is 16.4. The van der Waals surface area contributed by atoms with E-state index in [4.69, 9.17) is 11.6 Å². The van der Waals surface area contributed by atoms with Gasteiger partial charge in [0.15, 0.2) is 9.84 Å². The predicted octanol–water partition coefficient (Wildman–Crippen LogP) is 3.56. The van der Waals surface area contributed by atoms with Crippen LogP contribution in [0.4, 0.5) is 5.69 Å². The zero-order valence-corrected chi connectivity index (χ0v) is 14.4. The van der Waals surface area contributed by atoms with E-state index in [2.05, 4.69) is 0 Å². The third-order valence-electron chi connectivity index (χ3n) is 4.52. The fourth-order valence-corrected chi connectivity index (χ4v) is 4.83. The van der Waals surface area contributed by atoms with Crippen LogP contribution in [-0.4, -0.2) is 26.1 Å². The minimum Gasteiger partial charge on any atom is -0.304 e. The first-order chi connectivity index (χ1) is 11.0. The Morgan fingerprint density at radius 2 is 1.91 bits per heavy atom. The zero-order valence-electron chi connectivity index (χ0n) is 12.8. The number of sulfone groups is 1. The average Bonchev–Trinajstić information content (AvgIpc) is 2.88. The van der Waals surface area contributed by atoms with Crippen LogP contribution in [0, 0.1) is 5.92 Å². The number of anilines is 1. The van der Waals surface area contributed by atoms with Gasteiger partial charge < -0.3 is 4.90 Å². The van der Waals surface area contributed by atoms with Crippen LogP contribution < -0.4 is 4.90 Å². The first kappa shape index (κ1) is 16.5. The number of hydrogen-bond donors (Lipinski definition) is 0. The predicted molar refractivity (Wildman–Crippen MR) is 92.2 cm³/mol. The van der Waals surface area contributed by atoms with Gasteiger partial charge in [0.2, 0.25) is 5.91 Å². The van der Waals surface area contributed by atoms with Crippen molar-refractivity contribution >= 4 is 33.0 Å². The maximum Gasteiger partial charge on any atom is 0.230 e. The highest BCUT2D eigenvalue weighted by atomic mass is 35.5. The van der Waals surface area contributed by atoms with Crippen LogP contribution in [0.15, 0.2) is 35.7 Å². The monoisotopic (exact) mass is 353 g/mol. The third kappa shape index (κ3) is 3.78. The number of halogens is 1. The normalized spacial score (nSPS) is 23.8. The number of hydrogen-bond acceptors (Lipinski definition) is 3. The van der Waals surface area contributed by atoms with Crippen LogP contribution in [0.25, 0.3) is 0 Å². The molecule has 23 heavy (non-hydrogen) atoms. The van der Waals surface area contributed by atoms with Gasteiger partial charge in [-0.3, -0.25) is 4.79 Å². The lowest BCUT2D eigenvalue weighted by Gasteiger charge is -2.32. The Kier molecular flexibility index (Phi) is 4.78. The molecule has 1 amide bonds. The first-order valence-electron chi connectivity index (χ1n) is 7.96. The van der Waals surface area contributed by atoms with E-state index in [9.17, 15) is 13.2 Å². The SMILES string of the molecule is O=C(C1CCCCC1)N(c1cccc(Cl)c1)C1C=CS(=O)(=O)C1. The largest absolute Gasteiger partial charge is 0.304 e. The van der Waals surface area contributed by atoms with Gasteiger partial charge in [0, 0.05) is 22.0 Å². The van der Waals surface area contributed by atoms with Crippen LogP contribution in [0.3, 0.4) is 0 Å². The molecule has 3 rings (SSSR count). The maximum atomic E-state index is 13.1. The fourth-order valence-electron chi connectivity index (χ4n) is 3.37. The highest BCUT2D eigenvalue weighted by Gasteiger charge is 2.35. The molecule has 1 aliphatic carbocycles. The minimum atomic E-state index is -3.23. The topological polar surface area (TPSA) is 54.5 Å². The lowest BCUT2D eigenvalue weighted by Crippen LogP contribution is -2.45. The summed E-state index contributed by atoms with van der Waals surface area (Å²) in [5.74, 6) is -0.0732. The number of benzene rings is 1. The second-order valence-electron chi connectivity index (χ2n) is 6.25. The molecular formula is C17H20ClNO3S. The van der Waals surface area contributed by atoms with Crippen molar-refractivity contribution in [2.75, 3.05) is 10.7 Å². The summed E-state index contributed by atoms with van der Waals surface area (Å²) < 4.78 is 23.6. The Morgan fingerprint density at radius 1 is 1.17 bits per heavy atom. The molecule has 1 atom stereocenters. The van der Waals surface area contributed by atoms with Gasteiger partial charge in [-0.2, -0.15) is 0 Å². The number of amides is 1. The molecule has 1 saturated carbocycles. The fraction of sp³-hybridized carbons (Fsp3) is 0.471. The molecule has 4 nitrogen and oxygen atoms in total. The Morgan fingerprint density at radius 3 is 2.52 bits per heavy atom. The molecule has 124 valence electrons. The van der Waals surface area contributed by atoms with Gasteiger partial charge in [-0.25, -0.2) is 8.42 Å². The summed E-state index contributed by atoms with van der Waals surface area (Å²) in [6.45, 7) is 0. The van der Waals surface area contributed by atoms with Crippen molar-refractivity contribution in [3.8, 4) is 0 Å². The quantitative estimate of drug-likeness (QED) is 0.834. The van der Waals surface area contributed by atoms with Crippen molar-refractivity contribution in [2.45, 2.75) is 38.1 Å². The van der Waals surface area contributed by atoms with E-state index in [-0.39, 0.29) is 17.6 Å². The minimum absolute atomic E-state index is 0.0127. The van der Waals surface area contributed by atoms with Gasteiger partial charge in [0.1, 0.15) is 0 Å². The van der Waals surface area contributed by atoms with Crippen LogP contribution in [0.2, 0.25) is 5.02 Å². The summed E-state index contributed by atoms with van der Waals surface area (Å²) in [4.78, 5) is 14.7. The molecule has 1 aromatic carbocycles. The molecule has 1 fully saturated rings. The summed E-state index contributed by atoms with van der Waals surface area (Å²) in [5.41, 5.74) is 0.667. The van der Waals surface area contributed by atoms with Gasteiger partial charge >= 0.3 is 0 Å². The molecule has 1 aromatic rings. The lowest BCUT2D eigenvalue weighted by molar-refractivity contribution is -0.123. The molecule has 0 spiro atoms. The Hall–Kier alpha value is -1.33. The van der Waals surface area contributed by atoms with Gasteiger partial charge in [-0.05, 0) is 37.1 Å². The second kappa shape index (κ2) is 6.65. The Labute approximate surface area is 142 Å². The van der Waals surface area contributed by atoms with Crippen molar-refractivity contribution in [1.29, 1.82) is 0 Å². The molecule has 0 N–H and O–H groups in total. The lowest BCUT2D eigenvalue weighted by atomic mass is 9.88.